The maximum atomic E-state index is 10.3. The van der Waals surface area contributed by atoms with E-state index in [1.807, 2.05) is 38.1 Å². The molecule has 4 nitrogen and oxygen atoms in total. The van der Waals surface area contributed by atoms with Gasteiger partial charge in [0, 0.05) is 26.3 Å². The molecule has 0 atom stereocenters. The lowest BCUT2D eigenvalue weighted by Gasteiger charge is -2.17. The second-order valence-electron chi connectivity index (χ2n) is 3.32. The van der Waals surface area contributed by atoms with Crippen molar-refractivity contribution in [1.29, 1.82) is 0 Å². The average Bonchev–Trinajstić information content (AvgIpc) is 2.21. The second-order valence-corrected chi connectivity index (χ2v) is 3.32. The Bertz CT molecular complexity index is 337. The molecular weight excluding hydrogens is 192 g/mol. The van der Waals surface area contributed by atoms with Crippen molar-refractivity contribution in [2.45, 2.75) is 6.92 Å². The Morgan fingerprint density at radius 1 is 1.47 bits per heavy atom. The largest absolute Gasteiger partial charge is 0.427 e. The molecule has 15 heavy (non-hydrogen) atoms. The molecule has 1 aromatic rings. The summed E-state index contributed by atoms with van der Waals surface area (Å²) < 4.78 is 4.88. The zero-order chi connectivity index (χ0) is 11.3. The number of hydrogen-bond acceptors (Lipinski definition) is 4. The van der Waals surface area contributed by atoms with E-state index in [0.29, 0.717) is 12.2 Å². The summed E-state index contributed by atoms with van der Waals surface area (Å²) in [7, 11) is 3.81. The Labute approximate surface area is 89.8 Å². The van der Waals surface area contributed by atoms with E-state index in [0.717, 1.165) is 17.9 Å². The van der Waals surface area contributed by atoms with Crippen molar-refractivity contribution in [3.05, 3.63) is 18.2 Å². The van der Waals surface area contributed by atoms with E-state index in [1.54, 1.807) is 6.07 Å². The fraction of sp³-hybridized carbons (Fsp3) is 0.364. The number of hydrogen-bond donors (Lipinski definition) is 1. The van der Waals surface area contributed by atoms with E-state index < -0.39 is 0 Å². The highest BCUT2D eigenvalue weighted by Gasteiger charge is 2.06. The van der Waals surface area contributed by atoms with Gasteiger partial charge in [0.2, 0.25) is 0 Å². The third-order valence-corrected chi connectivity index (χ3v) is 2.00. The van der Waals surface area contributed by atoms with Gasteiger partial charge in [-0.3, -0.25) is 4.79 Å². The first-order valence-electron chi connectivity index (χ1n) is 4.84. The highest BCUT2D eigenvalue weighted by molar-refractivity contribution is 5.68. The SMILES string of the molecule is CCNc1ccc(OC=O)c(N(C)C)c1. The first-order valence-corrected chi connectivity index (χ1v) is 4.84. The smallest absolute Gasteiger partial charge is 0.298 e. The van der Waals surface area contributed by atoms with E-state index in [4.69, 9.17) is 4.74 Å². The summed E-state index contributed by atoms with van der Waals surface area (Å²) in [6.07, 6.45) is 0. The lowest BCUT2D eigenvalue weighted by Crippen LogP contribution is -2.11. The molecule has 4 heteroatoms. The molecule has 0 aliphatic rings. The summed E-state index contributed by atoms with van der Waals surface area (Å²) in [5, 5.41) is 3.20. The second kappa shape index (κ2) is 5.24. The summed E-state index contributed by atoms with van der Waals surface area (Å²) >= 11 is 0. The van der Waals surface area contributed by atoms with Crippen molar-refractivity contribution in [3.63, 3.8) is 0 Å². The van der Waals surface area contributed by atoms with E-state index in [1.165, 1.54) is 0 Å². The lowest BCUT2D eigenvalue weighted by atomic mass is 10.2. The topological polar surface area (TPSA) is 41.6 Å². The summed E-state index contributed by atoms with van der Waals surface area (Å²) in [5.41, 5.74) is 1.89. The van der Waals surface area contributed by atoms with Crippen molar-refractivity contribution in [1.82, 2.24) is 0 Å². The summed E-state index contributed by atoms with van der Waals surface area (Å²) in [6, 6.07) is 5.61. The Balaban J connectivity index is 3.02. The number of anilines is 2. The molecule has 0 saturated heterocycles. The standard InChI is InChI=1S/C11H16N2O2/c1-4-12-9-5-6-11(15-8-14)10(7-9)13(2)3/h5-8,12H,4H2,1-3H3. The molecule has 82 valence electrons. The summed E-state index contributed by atoms with van der Waals surface area (Å²) in [6.45, 7) is 3.33. The van der Waals surface area contributed by atoms with Crippen LogP contribution in [0.3, 0.4) is 0 Å². The summed E-state index contributed by atoms with van der Waals surface area (Å²) in [4.78, 5) is 12.2. The monoisotopic (exact) mass is 208 g/mol. The fourth-order valence-corrected chi connectivity index (χ4v) is 1.33. The molecule has 0 aromatic heterocycles. The Morgan fingerprint density at radius 2 is 2.20 bits per heavy atom. The fourth-order valence-electron chi connectivity index (χ4n) is 1.33. The number of benzene rings is 1. The molecule has 0 aliphatic heterocycles. The van der Waals surface area contributed by atoms with Crippen LogP contribution in [-0.4, -0.2) is 27.1 Å². The van der Waals surface area contributed by atoms with Gasteiger partial charge in [0.1, 0.15) is 0 Å². The van der Waals surface area contributed by atoms with Gasteiger partial charge in [-0.25, -0.2) is 0 Å². The molecule has 1 N–H and O–H groups in total. The van der Waals surface area contributed by atoms with Crippen LogP contribution in [0.5, 0.6) is 5.75 Å². The van der Waals surface area contributed by atoms with Gasteiger partial charge < -0.3 is 15.0 Å². The van der Waals surface area contributed by atoms with Gasteiger partial charge in [-0.1, -0.05) is 0 Å². The lowest BCUT2D eigenvalue weighted by molar-refractivity contribution is -0.120. The van der Waals surface area contributed by atoms with Crippen LogP contribution in [0, 0.1) is 0 Å². The molecule has 0 spiro atoms. The van der Waals surface area contributed by atoms with Crippen LogP contribution in [0.15, 0.2) is 18.2 Å². The van der Waals surface area contributed by atoms with Crippen LogP contribution in [0.4, 0.5) is 11.4 Å². The quantitative estimate of drug-likeness (QED) is 0.748. The van der Waals surface area contributed by atoms with Gasteiger partial charge in [-0.05, 0) is 25.1 Å². The predicted molar refractivity (Wildman–Crippen MR) is 61.6 cm³/mol. The number of rotatable bonds is 5. The zero-order valence-electron chi connectivity index (χ0n) is 9.28. The third-order valence-electron chi connectivity index (χ3n) is 2.00. The number of nitrogens with one attached hydrogen (secondary N) is 1. The van der Waals surface area contributed by atoms with Crippen molar-refractivity contribution in [3.8, 4) is 5.75 Å². The number of ether oxygens (including phenoxy) is 1. The molecule has 1 aromatic carbocycles. The highest BCUT2D eigenvalue weighted by atomic mass is 16.5. The van der Waals surface area contributed by atoms with Crippen LogP contribution in [0.1, 0.15) is 6.92 Å². The number of carbonyl (C=O) groups excluding carboxylic acids is 1. The number of nitrogens with zero attached hydrogens (tertiary/aromatic N) is 1. The van der Waals surface area contributed by atoms with Crippen LogP contribution in [0.25, 0.3) is 0 Å². The van der Waals surface area contributed by atoms with E-state index in [9.17, 15) is 4.79 Å². The van der Waals surface area contributed by atoms with Crippen molar-refractivity contribution < 1.29 is 9.53 Å². The minimum absolute atomic E-state index is 0.440. The van der Waals surface area contributed by atoms with E-state index in [2.05, 4.69) is 5.32 Å². The zero-order valence-corrected chi connectivity index (χ0v) is 9.28. The average molecular weight is 208 g/mol. The van der Waals surface area contributed by atoms with E-state index >= 15 is 0 Å². The third kappa shape index (κ3) is 2.87. The van der Waals surface area contributed by atoms with Crippen molar-refractivity contribution in [2.75, 3.05) is 30.9 Å². The van der Waals surface area contributed by atoms with Crippen molar-refractivity contribution >= 4 is 17.8 Å². The van der Waals surface area contributed by atoms with E-state index in [-0.39, 0.29) is 0 Å². The molecule has 0 heterocycles. The highest BCUT2D eigenvalue weighted by Crippen LogP contribution is 2.29. The molecule has 0 aliphatic carbocycles. The molecule has 0 unspecified atom stereocenters. The van der Waals surface area contributed by atoms with Gasteiger partial charge >= 0.3 is 0 Å². The molecule has 0 amide bonds. The van der Waals surface area contributed by atoms with Gasteiger partial charge in [-0.2, -0.15) is 0 Å². The first kappa shape index (κ1) is 11.4. The van der Waals surface area contributed by atoms with Crippen LogP contribution >= 0.6 is 0 Å². The molecule has 0 radical (unpaired) electrons. The van der Waals surface area contributed by atoms with Gasteiger partial charge in [0.05, 0.1) is 5.69 Å². The van der Waals surface area contributed by atoms with Gasteiger partial charge in [0.15, 0.2) is 5.75 Å². The van der Waals surface area contributed by atoms with Gasteiger partial charge in [0.25, 0.3) is 6.47 Å². The Kier molecular flexibility index (Phi) is 3.97. The molecule has 0 fully saturated rings. The predicted octanol–water partition coefficient (Wildman–Crippen LogP) is 1.72. The van der Waals surface area contributed by atoms with Gasteiger partial charge in [-0.15, -0.1) is 0 Å². The summed E-state index contributed by atoms with van der Waals surface area (Å²) in [5.74, 6) is 0.566. The van der Waals surface area contributed by atoms with Crippen molar-refractivity contribution in [2.24, 2.45) is 0 Å². The minimum atomic E-state index is 0.440. The number of carbonyl (C=O) groups is 1. The first-order chi connectivity index (χ1) is 7.19. The van der Waals surface area contributed by atoms with Crippen LogP contribution in [-0.2, 0) is 4.79 Å². The minimum Gasteiger partial charge on any atom is -0.427 e. The molecule has 0 saturated carbocycles. The maximum absolute atomic E-state index is 10.3. The molecular formula is C11H16N2O2. The Hall–Kier alpha value is -1.71. The molecule has 0 bridgehead atoms. The molecule has 1 rings (SSSR count). The Morgan fingerprint density at radius 3 is 2.73 bits per heavy atom. The van der Waals surface area contributed by atoms with Crippen LogP contribution < -0.4 is 15.0 Å². The normalized spacial score (nSPS) is 9.53. The van der Waals surface area contributed by atoms with Crippen LogP contribution in [0.2, 0.25) is 0 Å². The maximum Gasteiger partial charge on any atom is 0.298 e.